The minimum absolute atomic E-state index is 0. The third kappa shape index (κ3) is 4.16. The first kappa shape index (κ1) is 16.7. The molecule has 0 aliphatic carbocycles. The Morgan fingerprint density at radius 2 is 2.17 bits per heavy atom. The molecule has 0 saturated heterocycles. The second kappa shape index (κ2) is 7.89. The van der Waals surface area contributed by atoms with Crippen LogP contribution in [0.2, 0.25) is 0 Å². The number of para-hydroxylation sites is 1. The number of carbonyl (C=O) groups excluding carboxylic acids is 1. The Bertz CT molecular complexity index is 401. The van der Waals surface area contributed by atoms with Gasteiger partial charge in [0.05, 0.1) is 20.1 Å². The number of ether oxygens (including phenoxy) is 2. The number of esters is 1. The molecular formula is C12H17ClFNO3. The van der Waals surface area contributed by atoms with Gasteiger partial charge in [-0.2, -0.15) is 0 Å². The number of rotatable bonds is 5. The van der Waals surface area contributed by atoms with Crippen molar-refractivity contribution >= 4 is 18.4 Å². The van der Waals surface area contributed by atoms with Crippen LogP contribution >= 0.6 is 12.4 Å². The molecule has 0 heterocycles. The lowest BCUT2D eigenvalue weighted by atomic mass is 10.0. The highest BCUT2D eigenvalue weighted by atomic mass is 35.5. The van der Waals surface area contributed by atoms with Gasteiger partial charge in [-0.15, -0.1) is 12.4 Å². The van der Waals surface area contributed by atoms with Crippen LogP contribution in [-0.4, -0.2) is 19.7 Å². The van der Waals surface area contributed by atoms with E-state index in [0.717, 1.165) is 0 Å². The van der Waals surface area contributed by atoms with Gasteiger partial charge < -0.3 is 15.2 Å². The molecule has 0 spiro atoms. The molecule has 0 unspecified atom stereocenters. The van der Waals surface area contributed by atoms with Crippen molar-refractivity contribution in [2.24, 2.45) is 5.73 Å². The molecule has 0 aliphatic heterocycles. The number of halogens is 2. The molecule has 4 nitrogen and oxygen atoms in total. The van der Waals surface area contributed by atoms with Crippen molar-refractivity contribution in [1.82, 2.24) is 0 Å². The summed E-state index contributed by atoms with van der Waals surface area (Å²) in [5.41, 5.74) is 6.28. The molecule has 0 radical (unpaired) electrons. The van der Waals surface area contributed by atoms with Crippen molar-refractivity contribution in [1.29, 1.82) is 0 Å². The van der Waals surface area contributed by atoms with Gasteiger partial charge in [0.1, 0.15) is 0 Å². The topological polar surface area (TPSA) is 61.5 Å². The monoisotopic (exact) mass is 277 g/mol. The molecule has 0 bridgehead atoms. The van der Waals surface area contributed by atoms with Crippen molar-refractivity contribution in [2.45, 2.75) is 19.4 Å². The van der Waals surface area contributed by atoms with E-state index in [0.29, 0.717) is 12.2 Å². The van der Waals surface area contributed by atoms with E-state index >= 15 is 0 Å². The summed E-state index contributed by atoms with van der Waals surface area (Å²) in [6.45, 7) is 2.01. The number of hydrogen-bond donors (Lipinski definition) is 1. The van der Waals surface area contributed by atoms with E-state index in [1.165, 1.54) is 19.2 Å². The molecular weight excluding hydrogens is 261 g/mol. The zero-order chi connectivity index (χ0) is 12.8. The van der Waals surface area contributed by atoms with Crippen molar-refractivity contribution in [2.75, 3.05) is 13.7 Å². The Balaban J connectivity index is 0.00000289. The van der Waals surface area contributed by atoms with Gasteiger partial charge in [0.2, 0.25) is 0 Å². The number of benzene rings is 1. The van der Waals surface area contributed by atoms with Crippen LogP contribution in [0.4, 0.5) is 4.39 Å². The van der Waals surface area contributed by atoms with Gasteiger partial charge in [0.25, 0.3) is 0 Å². The van der Waals surface area contributed by atoms with E-state index in [-0.39, 0.29) is 24.6 Å². The van der Waals surface area contributed by atoms with Crippen molar-refractivity contribution in [3.8, 4) is 5.75 Å². The first-order chi connectivity index (χ1) is 8.10. The molecule has 18 heavy (non-hydrogen) atoms. The number of hydrogen-bond acceptors (Lipinski definition) is 4. The fraction of sp³-hybridized carbons (Fsp3) is 0.417. The van der Waals surface area contributed by atoms with E-state index in [1.807, 2.05) is 0 Å². The van der Waals surface area contributed by atoms with Gasteiger partial charge >= 0.3 is 5.97 Å². The molecule has 0 fully saturated rings. The van der Waals surface area contributed by atoms with Crippen LogP contribution in [0.25, 0.3) is 0 Å². The van der Waals surface area contributed by atoms with E-state index in [4.69, 9.17) is 15.2 Å². The first-order valence-corrected chi connectivity index (χ1v) is 5.33. The van der Waals surface area contributed by atoms with Gasteiger partial charge in [-0.3, -0.25) is 4.79 Å². The minimum Gasteiger partial charge on any atom is -0.493 e. The first-order valence-electron chi connectivity index (χ1n) is 5.33. The van der Waals surface area contributed by atoms with Crippen LogP contribution in [0.1, 0.15) is 24.9 Å². The van der Waals surface area contributed by atoms with Crippen LogP contribution < -0.4 is 10.5 Å². The van der Waals surface area contributed by atoms with E-state index in [1.54, 1.807) is 13.0 Å². The highest BCUT2D eigenvalue weighted by Gasteiger charge is 2.18. The van der Waals surface area contributed by atoms with Gasteiger partial charge in [-0.1, -0.05) is 12.1 Å². The summed E-state index contributed by atoms with van der Waals surface area (Å²) < 4.78 is 23.1. The molecule has 1 aromatic rings. The van der Waals surface area contributed by atoms with Gasteiger partial charge in [-0.25, -0.2) is 4.39 Å². The predicted octanol–water partition coefficient (Wildman–Crippen LogP) is 2.21. The Kier molecular flexibility index (Phi) is 7.31. The molecule has 1 atom stereocenters. The smallest absolute Gasteiger partial charge is 0.307 e. The third-order valence-corrected chi connectivity index (χ3v) is 2.29. The third-order valence-electron chi connectivity index (χ3n) is 2.29. The van der Waals surface area contributed by atoms with Crippen LogP contribution in [-0.2, 0) is 9.53 Å². The zero-order valence-electron chi connectivity index (χ0n) is 10.3. The summed E-state index contributed by atoms with van der Waals surface area (Å²) in [6, 6.07) is 3.79. The lowest BCUT2D eigenvalue weighted by molar-refractivity contribution is -0.143. The van der Waals surface area contributed by atoms with Gasteiger partial charge in [0.15, 0.2) is 11.6 Å². The summed E-state index contributed by atoms with van der Waals surface area (Å²) in [4.78, 5) is 11.3. The lowest BCUT2D eigenvalue weighted by Gasteiger charge is -2.15. The molecule has 6 heteroatoms. The Labute approximate surface area is 112 Å². The quantitative estimate of drug-likeness (QED) is 0.838. The summed E-state index contributed by atoms with van der Waals surface area (Å²) in [7, 11) is 1.36. The fourth-order valence-electron chi connectivity index (χ4n) is 1.54. The van der Waals surface area contributed by atoms with E-state index < -0.39 is 17.8 Å². The standard InChI is InChI=1S/C12H16FNO3.ClH/c1-3-17-11(15)7-10(14)8-5-4-6-9(13)12(8)16-2;/h4-6,10H,3,7,14H2,1-2H3;1H/t10-;/m0./s1. The normalized spacial score (nSPS) is 11.3. The van der Waals surface area contributed by atoms with Crippen molar-refractivity contribution < 1.29 is 18.7 Å². The number of carbonyl (C=O) groups is 1. The van der Waals surface area contributed by atoms with Gasteiger partial charge in [0, 0.05) is 11.6 Å². The average Bonchev–Trinajstić information content (AvgIpc) is 2.28. The lowest BCUT2D eigenvalue weighted by Crippen LogP contribution is -2.18. The molecule has 0 amide bonds. The maximum atomic E-state index is 13.4. The summed E-state index contributed by atoms with van der Waals surface area (Å²) >= 11 is 0. The Morgan fingerprint density at radius 1 is 1.50 bits per heavy atom. The van der Waals surface area contributed by atoms with Crippen LogP contribution in [0.15, 0.2) is 18.2 Å². The summed E-state index contributed by atoms with van der Waals surface area (Å²) in [5.74, 6) is -0.833. The van der Waals surface area contributed by atoms with Crippen LogP contribution in [0.3, 0.4) is 0 Å². The minimum atomic E-state index is -0.639. The second-order valence-electron chi connectivity index (χ2n) is 3.48. The van der Waals surface area contributed by atoms with Crippen molar-refractivity contribution in [3.05, 3.63) is 29.6 Å². The van der Waals surface area contributed by atoms with E-state index in [9.17, 15) is 9.18 Å². The molecule has 0 saturated carbocycles. The maximum Gasteiger partial charge on any atom is 0.307 e. The Hall–Kier alpha value is -1.33. The highest BCUT2D eigenvalue weighted by molar-refractivity contribution is 5.85. The fourth-order valence-corrected chi connectivity index (χ4v) is 1.54. The number of methoxy groups -OCH3 is 1. The van der Waals surface area contributed by atoms with Crippen molar-refractivity contribution in [3.63, 3.8) is 0 Å². The summed E-state index contributed by atoms with van der Waals surface area (Å²) in [5, 5.41) is 0. The predicted molar refractivity (Wildman–Crippen MR) is 68.4 cm³/mol. The molecule has 0 aromatic heterocycles. The second-order valence-corrected chi connectivity index (χ2v) is 3.48. The molecule has 2 N–H and O–H groups in total. The zero-order valence-corrected chi connectivity index (χ0v) is 11.1. The summed E-state index contributed by atoms with van der Waals surface area (Å²) in [6.07, 6.45) is -0.00630. The Morgan fingerprint density at radius 3 is 2.72 bits per heavy atom. The van der Waals surface area contributed by atoms with E-state index in [2.05, 4.69) is 0 Å². The SMILES string of the molecule is CCOC(=O)C[C@H](N)c1cccc(F)c1OC.Cl. The largest absolute Gasteiger partial charge is 0.493 e. The maximum absolute atomic E-state index is 13.4. The van der Waals surface area contributed by atoms with Gasteiger partial charge in [-0.05, 0) is 13.0 Å². The molecule has 102 valence electrons. The average molecular weight is 278 g/mol. The van der Waals surface area contributed by atoms with Crippen LogP contribution in [0.5, 0.6) is 5.75 Å². The molecule has 0 aliphatic rings. The molecule has 1 rings (SSSR count). The highest BCUT2D eigenvalue weighted by Crippen LogP contribution is 2.28. The van der Waals surface area contributed by atoms with Crippen LogP contribution in [0, 0.1) is 5.82 Å². The molecule has 1 aromatic carbocycles. The number of nitrogens with two attached hydrogens (primary N) is 1.